The van der Waals surface area contributed by atoms with Crippen molar-refractivity contribution in [1.29, 1.82) is 0 Å². The average molecular weight is 406 g/mol. The summed E-state index contributed by atoms with van der Waals surface area (Å²) in [7, 11) is -3.21. The van der Waals surface area contributed by atoms with E-state index in [1.165, 1.54) is 0 Å². The van der Waals surface area contributed by atoms with Crippen molar-refractivity contribution < 1.29 is 13.3 Å². The zero-order chi connectivity index (χ0) is 19.7. The highest BCUT2D eigenvalue weighted by Gasteiger charge is 2.30. The fourth-order valence-electron chi connectivity index (χ4n) is 3.43. The first-order valence-corrected chi connectivity index (χ1v) is 11.7. The smallest absolute Gasteiger partial charge is 0.186 e. The van der Waals surface area contributed by atoms with Gasteiger partial charge in [-0.2, -0.15) is 0 Å². The molecular weight excluding hydrogens is 387 g/mol. The quantitative estimate of drug-likeness (QED) is 0.405. The van der Waals surface area contributed by atoms with Crippen molar-refractivity contribution >= 4 is 44.9 Å². The van der Waals surface area contributed by atoms with E-state index in [1.54, 1.807) is 25.1 Å². The Labute approximate surface area is 166 Å². The van der Waals surface area contributed by atoms with Gasteiger partial charge in [0.15, 0.2) is 18.2 Å². The lowest BCUT2D eigenvalue weighted by Gasteiger charge is -2.21. The number of rotatable bonds is 4. The molecular formula is C23H19O3PS. The van der Waals surface area contributed by atoms with Crippen LogP contribution in [0.15, 0.2) is 95.9 Å². The molecule has 0 heterocycles. The summed E-state index contributed by atoms with van der Waals surface area (Å²) in [5, 5.41) is 4.04. The molecule has 0 saturated carbocycles. The van der Waals surface area contributed by atoms with Gasteiger partial charge in [-0.05, 0) is 35.4 Å². The summed E-state index contributed by atoms with van der Waals surface area (Å²) in [6, 6.07) is 28.3. The van der Waals surface area contributed by atoms with Gasteiger partial charge >= 0.3 is 0 Å². The third kappa shape index (κ3) is 3.24. The summed E-state index contributed by atoms with van der Waals surface area (Å²) in [5.41, 5.74) is 0.697. The minimum Gasteiger partial charge on any atom is -0.309 e. The first-order valence-electron chi connectivity index (χ1n) is 8.87. The fourth-order valence-corrected chi connectivity index (χ4v) is 6.78. The lowest BCUT2D eigenvalue weighted by atomic mass is 10.1. The normalized spacial score (nSPS) is 14.5. The topological polar surface area (TPSA) is 54.4 Å². The Morgan fingerprint density at radius 2 is 1.32 bits per heavy atom. The molecule has 0 fully saturated rings. The van der Waals surface area contributed by atoms with Crippen LogP contribution in [0, 0.1) is 6.92 Å². The summed E-state index contributed by atoms with van der Waals surface area (Å²) in [5.74, 6) is 0. The minimum absolute atomic E-state index is 0.287. The van der Waals surface area contributed by atoms with Crippen LogP contribution >= 0.6 is 7.14 Å². The van der Waals surface area contributed by atoms with Crippen LogP contribution in [-0.2, 0) is 15.6 Å². The summed E-state index contributed by atoms with van der Waals surface area (Å²) >= 11 is -2.14. The molecule has 140 valence electrons. The molecule has 5 heteroatoms. The Morgan fingerprint density at radius 1 is 0.714 bits per heavy atom. The van der Waals surface area contributed by atoms with Gasteiger partial charge in [-0.3, -0.25) is 0 Å². The van der Waals surface area contributed by atoms with E-state index < -0.39 is 18.2 Å². The molecule has 4 aromatic rings. The molecule has 1 N–H and O–H groups in total. The third-order valence-corrected chi connectivity index (χ3v) is 8.79. The van der Waals surface area contributed by atoms with E-state index in [0.29, 0.717) is 21.5 Å². The predicted molar refractivity (Wildman–Crippen MR) is 117 cm³/mol. The second-order valence-electron chi connectivity index (χ2n) is 6.68. The van der Waals surface area contributed by atoms with E-state index in [0.717, 1.165) is 10.8 Å². The minimum atomic E-state index is -3.21. The van der Waals surface area contributed by atoms with Crippen molar-refractivity contribution in [2.24, 2.45) is 0 Å². The van der Waals surface area contributed by atoms with Gasteiger partial charge in [0.25, 0.3) is 0 Å². The summed E-state index contributed by atoms with van der Waals surface area (Å²) in [6.45, 7) is 1.77. The maximum atomic E-state index is 14.6. The van der Waals surface area contributed by atoms with Crippen molar-refractivity contribution in [3.8, 4) is 0 Å². The molecule has 4 aromatic carbocycles. The molecule has 0 radical (unpaired) electrons. The molecule has 0 aliphatic carbocycles. The Hall–Kier alpha value is -2.52. The second kappa shape index (κ2) is 7.48. The zero-order valence-electron chi connectivity index (χ0n) is 15.3. The molecule has 3 nitrogen and oxygen atoms in total. The monoisotopic (exact) mass is 406 g/mol. The van der Waals surface area contributed by atoms with E-state index in [4.69, 9.17) is 0 Å². The zero-order valence-corrected chi connectivity index (χ0v) is 17.0. The van der Waals surface area contributed by atoms with E-state index in [-0.39, 0.29) is 4.90 Å². The van der Waals surface area contributed by atoms with Gasteiger partial charge in [0.1, 0.15) is 0 Å². The lowest BCUT2D eigenvalue weighted by molar-refractivity contribution is 0.564. The Balaban J connectivity index is 2.02. The molecule has 0 aliphatic heterocycles. The lowest BCUT2D eigenvalue weighted by Crippen LogP contribution is -2.25. The molecule has 2 atom stereocenters. The maximum Gasteiger partial charge on any atom is 0.186 e. The number of hydrogen-bond donors (Lipinski definition) is 1. The van der Waals surface area contributed by atoms with Crippen LogP contribution in [-0.4, -0.2) is 8.76 Å². The van der Waals surface area contributed by atoms with Gasteiger partial charge in [0, 0.05) is 15.9 Å². The largest absolute Gasteiger partial charge is 0.309 e. The van der Waals surface area contributed by atoms with E-state index in [9.17, 15) is 13.3 Å². The highest BCUT2D eigenvalue weighted by Crippen LogP contribution is 2.43. The molecule has 0 saturated heterocycles. The van der Waals surface area contributed by atoms with Crippen LogP contribution in [0.2, 0.25) is 0 Å². The first-order chi connectivity index (χ1) is 13.5. The SMILES string of the molecule is Cc1ccc(P(=O)(c2ccccc2)c2ccc3ccccc3c2)cc1S(=O)O. The van der Waals surface area contributed by atoms with Gasteiger partial charge in [-0.1, -0.05) is 78.9 Å². The Bertz CT molecular complexity index is 1240. The van der Waals surface area contributed by atoms with Crippen molar-refractivity contribution in [2.45, 2.75) is 11.8 Å². The van der Waals surface area contributed by atoms with Gasteiger partial charge in [-0.15, -0.1) is 0 Å². The van der Waals surface area contributed by atoms with Crippen LogP contribution in [0.25, 0.3) is 10.8 Å². The number of fused-ring (bicyclic) bond motifs is 1. The molecule has 0 bridgehead atoms. The number of hydrogen-bond acceptors (Lipinski definition) is 2. The first kappa shape index (κ1) is 18.8. The van der Waals surface area contributed by atoms with Crippen LogP contribution in [0.3, 0.4) is 0 Å². The fraction of sp³-hybridized carbons (Fsp3) is 0.0435. The van der Waals surface area contributed by atoms with Gasteiger partial charge in [0.05, 0.1) is 4.90 Å². The molecule has 0 spiro atoms. The summed E-state index contributed by atoms with van der Waals surface area (Å²) in [4.78, 5) is 0.287. The van der Waals surface area contributed by atoms with Crippen molar-refractivity contribution in [3.63, 3.8) is 0 Å². The predicted octanol–water partition coefficient (Wildman–Crippen LogP) is 4.37. The van der Waals surface area contributed by atoms with Gasteiger partial charge < -0.3 is 9.12 Å². The second-order valence-corrected chi connectivity index (χ2v) is 10.4. The Morgan fingerprint density at radius 3 is 2.04 bits per heavy atom. The highest BCUT2D eigenvalue weighted by molar-refractivity contribution is 7.85. The molecule has 0 aliphatic rings. The molecule has 4 rings (SSSR count). The van der Waals surface area contributed by atoms with Crippen LogP contribution in [0.5, 0.6) is 0 Å². The van der Waals surface area contributed by atoms with Crippen molar-refractivity contribution in [3.05, 3.63) is 96.6 Å². The standard InChI is InChI=1S/C23H19O3PS/c1-17-11-13-22(16-23(17)28(25)26)27(24,20-9-3-2-4-10-20)21-14-12-18-7-5-6-8-19(18)15-21/h2-16H,1H3,(H,25,26). The third-order valence-electron chi connectivity index (χ3n) is 4.94. The number of benzene rings is 4. The Kier molecular flexibility index (Phi) is 5.03. The summed E-state index contributed by atoms with van der Waals surface area (Å²) < 4.78 is 36.0. The molecule has 0 amide bonds. The van der Waals surface area contributed by atoms with Crippen molar-refractivity contribution in [2.75, 3.05) is 0 Å². The van der Waals surface area contributed by atoms with E-state index in [1.807, 2.05) is 72.8 Å². The van der Waals surface area contributed by atoms with Crippen LogP contribution < -0.4 is 15.9 Å². The maximum absolute atomic E-state index is 14.6. The molecule has 0 aromatic heterocycles. The van der Waals surface area contributed by atoms with Gasteiger partial charge in [0.2, 0.25) is 0 Å². The molecule has 28 heavy (non-hydrogen) atoms. The average Bonchev–Trinajstić information content (AvgIpc) is 2.73. The number of aryl methyl sites for hydroxylation is 1. The highest BCUT2D eigenvalue weighted by atomic mass is 32.2. The van der Waals surface area contributed by atoms with E-state index in [2.05, 4.69) is 0 Å². The van der Waals surface area contributed by atoms with E-state index >= 15 is 0 Å². The van der Waals surface area contributed by atoms with Gasteiger partial charge in [-0.25, -0.2) is 4.21 Å². The molecule has 2 unspecified atom stereocenters. The van der Waals surface area contributed by atoms with Crippen LogP contribution in [0.4, 0.5) is 0 Å². The van der Waals surface area contributed by atoms with Crippen LogP contribution in [0.1, 0.15) is 5.56 Å². The van der Waals surface area contributed by atoms with Crippen molar-refractivity contribution in [1.82, 2.24) is 0 Å². The summed E-state index contributed by atoms with van der Waals surface area (Å²) in [6.07, 6.45) is 0.